The van der Waals surface area contributed by atoms with Crippen molar-refractivity contribution in [1.82, 2.24) is 41.6 Å². The van der Waals surface area contributed by atoms with E-state index in [2.05, 4.69) is 41.4 Å². The minimum atomic E-state index is -5.24. The van der Waals surface area contributed by atoms with Crippen LogP contribution in [0.25, 0.3) is 0 Å². The Morgan fingerprint density at radius 1 is 0.838 bits per heavy atom. The summed E-state index contributed by atoms with van der Waals surface area (Å²) < 4.78 is 158. The second-order valence-electron chi connectivity index (χ2n) is 20.8. The van der Waals surface area contributed by atoms with Gasteiger partial charge in [-0.2, -0.15) is 35.1 Å². The molecule has 3 saturated heterocycles. The summed E-state index contributed by atoms with van der Waals surface area (Å²) in [5.74, 6) is 0.603. The first kappa shape index (κ1) is 62.0. The number of pyridine rings is 1. The van der Waals surface area contributed by atoms with E-state index in [9.17, 15) is 59.4 Å². The maximum atomic E-state index is 15.9. The van der Waals surface area contributed by atoms with Crippen molar-refractivity contribution in [3.8, 4) is 11.8 Å². The van der Waals surface area contributed by atoms with Gasteiger partial charge < -0.3 is 50.9 Å². The number of ether oxygens (including phenoxy) is 3. The van der Waals surface area contributed by atoms with Gasteiger partial charge in [-0.25, -0.2) is 28.4 Å². The molecular weight excluding hydrogens is 1080 g/mol. The third-order valence-electron chi connectivity index (χ3n) is 14.2. The molecule has 0 saturated carbocycles. The Labute approximate surface area is 453 Å². The lowest BCUT2D eigenvalue weighted by Gasteiger charge is -2.63. The average Bonchev–Trinajstić information content (AvgIpc) is 3.34. The number of carbonyl (C=O) groups excluding carboxylic acids is 4. The third kappa shape index (κ3) is 15.0. The molecule has 1 aromatic heterocycles. The summed E-state index contributed by atoms with van der Waals surface area (Å²) in [5, 5.41) is 28.0. The minimum Gasteiger partial charge on any atom is -0.453 e. The summed E-state index contributed by atoms with van der Waals surface area (Å²) in [7, 11) is 1.59. The van der Waals surface area contributed by atoms with Crippen LogP contribution in [0.15, 0.2) is 67.0 Å². The first-order valence-corrected chi connectivity index (χ1v) is 24.6. The molecular formula is C52H60F10N10O8. The number of alkyl halides is 8. The molecule has 3 aromatic rings. The van der Waals surface area contributed by atoms with E-state index in [4.69, 9.17) is 10.1 Å². The van der Waals surface area contributed by atoms with E-state index in [0.29, 0.717) is 68.2 Å². The number of amides is 4. The molecule has 28 heteroatoms. The normalized spacial score (nSPS) is 17.2. The maximum absolute atomic E-state index is 15.9. The molecule has 436 valence electrons. The van der Waals surface area contributed by atoms with E-state index in [1.807, 2.05) is 22.9 Å². The number of aliphatic hydroxyl groups is 1. The number of aromatic nitrogens is 1. The van der Waals surface area contributed by atoms with Gasteiger partial charge in [0.15, 0.2) is 0 Å². The number of rotatable bonds is 21. The molecule has 3 aliphatic heterocycles. The Balaban J connectivity index is 1.29. The molecule has 4 amide bonds. The Morgan fingerprint density at radius 2 is 1.38 bits per heavy atom. The average molecular weight is 1140 g/mol. The van der Waals surface area contributed by atoms with E-state index < -0.39 is 126 Å². The van der Waals surface area contributed by atoms with Crippen LogP contribution in [0.2, 0.25) is 0 Å². The predicted molar refractivity (Wildman–Crippen MR) is 267 cm³/mol. The van der Waals surface area contributed by atoms with Gasteiger partial charge in [-0.1, -0.05) is 24.0 Å². The van der Waals surface area contributed by atoms with Gasteiger partial charge in [0.25, 0.3) is 5.91 Å². The molecule has 18 nitrogen and oxygen atoms in total. The second kappa shape index (κ2) is 25.1. The number of carbonyl (C=O) groups is 4. The highest BCUT2D eigenvalue weighted by Crippen LogP contribution is 2.44. The van der Waals surface area contributed by atoms with Crippen LogP contribution in [-0.4, -0.2) is 159 Å². The van der Waals surface area contributed by atoms with Crippen molar-refractivity contribution in [3.05, 3.63) is 106 Å². The Morgan fingerprint density at radius 3 is 1.86 bits per heavy atom. The summed E-state index contributed by atoms with van der Waals surface area (Å²) in [6.07, 6.45) is -13.1. The summed E-state index contributed by atoms with van der Waals surface area (Å²) in [6.45, 7) is 2.19. The van der Waals surface area contributed by atoms with Crippen molar-refractivity contribution in [2.45, 2.75) is 89.8 Å². The number of allylic oxidation sites excluding steroid dienone is 1. The van der Waals surface area contributed by atoms with Crippen molar-refractivity contribution in [1.29, 1.82) is 5.41 Å². The molecule has 2 aromatic carbocycles. The van der Waals surface area contributed by atoms with Gasteiger partial charge in [-0.05, 0) is 82.2 Å². The molecule has 4 atom stereocenters. The van der Waals surface area contributed by atoms with Crippen molar-refractivity contribution in [3.63, 3.8) is 0 Å². The van der Waals surface area contributed by atoms with Gasteiger partial charge in [0.2, 0.25) is 5.91 Å². The Hall–Kier alpha value is -7.22. The van der Waals surface area contributed by atoms with Crippen molar-refractivity contribution < 1.29 is 82.4 Å². The Kier molecular flexibility index (Phi) is 19.4. The van der Waals surface area contributed by atoms with Crippen LogP contribution in [0, 0.1) is 45.1 Å². The number of hydrazine groups is 1. The molecule has 80 heavy (non-hydrogen) atoms. The number of benzene rings is 2. The van der Waals surface area contributed by atoms with Crippen LogP contribution in [0.5, 0.6) is 0 Å². The predicted octanol–water partition coefficient (Wildman–Crippen LogP) is 5.52. The maximum Gasteiger partial charge on any atom is 0.407 e. The van der Waals surface area contributed by atoms with Crippen LogP contribution in [0.4, 0.5) is 59.3 Å². The number of hydrogen-bond donors (Lipinski definition) is 7. The molecule has 7 N–H and O–H groups in total. The summed E-state index contributed by atoms with van der Waals surface area (Å²) in [4.78, 5) is 61.9. The van der Waals surface area contributed by atoms with Crippen LogP contribution < -0.4 is 31.6 Å². The molecule has 0 radical (unpaired) electrons. The number of nitrogens with one attached hydrogen (secondary N) is 6. The lowest BCUT2D eigenvalue weighted by molar-refractivity contribution is -0.221. The minimum absolute atomic E-state index is 0.249. The fraction of sp³-hybridized carbons (Fsp3) is 0.500. The van der Waals surface area contributed by atoms with Crippen molar-refractivity contribution in [2.75, 3.05) is 65.1 Å². The number of halogens is 10. The number of anilines is 1. The first-order valence-electron chi connectivity index (χ1n) is 24.6. The fourth-order valence-electron chi connectivity index (χ4n) is 8.90. The number of likely N-dealkylation sites (tertiary alicyclic amines) is 1. The first-order chi connectivity index (χ1) is 37.4. The van der Waals surface area contributed by atoms with Crippen molar-refractivity contribution in [2.24, 2.45) is 16.2 Å². The van der Waals surface area contributed by atoms with Gasteiger partial charge >= 0.3 is 31.1 Å². The van der Waals surface area contributed by atoms with E-state index in [-0.39, 0.29) is 11.0 Å². The molecule has 4 heterocycles. The highest BCUT2D eigenvalue weighted by atomic mass is 19.4. The Bertz CT molecular complexity index is 2790. The molecule has 1 unspecified atom stereocenters. The van der Waals surface area contributed by atoms with Crippen molar-refractivity contribution >= 4 is 35.5 Å². The number of nitrogens with zero attached hydrogens (tertiary/aromatic N) is 4. The summed E-state index contributed by atoms with van der Waals surface area (Å²) in [5.41, 5.74) is -4.77. The smallest absolute Gasteiger partial charge is 0.407 e. The highest BCUT2D eigenvalue weighted by Gasteiger charge is 2.58. The van der Waals surface area contributed by atoms with Gasteiger partial charge in [0, 0.05) is 79.3 Å². The largest absolute Gasteiger partial charge is 0.453 e. The number of methoxy groups -OCH3 is 2. The number of alkyl carbamates (subject to hydrolysis) is 2. The SMILES string of the molecule is COC(=O)NC(C(=O)N[C@@H](Cc1ccc(C#Cc2ccc(N3CC4(C3)CN(C3COC3)C4)nc2)cc1)[C@@H](O)CN(Cc1c(F)cc(C(=N)/C=C\NC(F)F)cc1F)NC(=O)[C@@H](NC(=O)OC)C(C)(C)C(F)(F)F)C(C)(C)C(F)(F)F. The van der Waals surface area contributed by atoms with Crippen LogP contribution in [-0.2, 0) is 36.8 Å². The zero-order valence-corrected chi connectivity index (χ0v) is 44.1. The van der Waals surface area contributed by atoms with Gasteiger partial charge in [0.1, 0.15) is 29.5 Å². The summed E-state index contributed by atoms with van der Waals surface area (Å²) >= 11 is 0. The zero-order chi connectivity index (χ0) is 59.1. The standard InChI is InChI=1S/C52H60F10N10O8/c1-48(2,51(57,58)59)41(67-46(76)78-5)43(74)66-38(17-30-10-7-29(8-11-30)9-12-31-13-14-40(65-20-31)71-27-50(28-71)25-70(26-50)33-23-80-24-33)39(73)22-72(69-44(75)42(68-47(77)79-6)49(3,4)52(60,61)62)21-34-35(53)18-32(19-36(34)54)37(63)15-16-64-45(55)56/h7-8,10-11,13-16,18-20,33,38-39,41-42,45,63-64,73H,17,21-28H2,1-6H3,(H,66,74)(H,67,76)(H,68,77)(H,69,75)/b16-15-,63-37?/t38-,39-,41?,42+/m0/s1. The monoisotopic (exact) mass is 1140 g/mol. The quantitative estimate of drug-likeness (QED) is 0.0230. The van der Waals surface area contributed by atoms with Gasteiger partial charge in [0.05, 0.1) is 62.2 Å². The number of aliphatic hydroxyl groups excluding tert-OH is 1. The lowest BCUT2D eigenvalue weighted by atomic mass is 9.72. The van der Waals surface area contributed by atoms with Gasteiger partial charge in [-0.15, -0.1) is 0 Å². The molecule has 0 aliphatic carbocycles. The highest BCUT2D eigenvalue weighted by molar-refractivity contribution is 6.06. The molecule has 0 bridgehead atoms. The second-order valence-corrected chi connectivity index (χ2v) is 20.8. The van der Waals surface area contributed by atoms with Crippen LogP contribution >= 0.6 is 0 Å². The molecule has 1 spiro atoms. The third-order valence-corrected chi connectivity index (χ3v) is 14.2. The zero-order valence-electron chi connectivity index (χ0n) is 44.1. The topological polar surface area (TPSA) is 223 Å². The van der Waals surface area contributed by atoms with Crippen LogP contribution in [0.1, 0.15) is 55.5 Å². The fourth-order valence-corrected chi connectivity index (χ4v) is 8.90. The van der Waals surface area contributed by atoms with E-state index in [1.54, 1.807) is 16.8 Å². The van der Waals surface area contributed by atoms with E-state index >= 15 is 8.78 Å². The molecule has 3 fully saturated rings. The number of hydrogen-bond acceptors (Lipinski definition) is 14. The summed E-state index contributed by atoms with van der Waals surface area (Å²) in [6, 6.07) is 4.52. The van der Waals surface area contributed by atoms with Crippen LogP contribution in [0.3, 0.4) is 0 Å². The van der Waals surface area contributed by atoms with E-state index in [0.717, 1.165) is 65.5 Å². The van der Waals surface area contributed by atoms with Gasteiger partial charge in [-0.3, -0.25) is 19.9 Å². The molecule has 3 aliphatic rings. The lowest BCUT2D eigenvalue weighted by Crippen LogP contribution is -2.75. The molecule has 6 rings (SSSR count). The van der Waals surface area contributed by atoms with E-state index in [1.165, 1.54) is 24.3 Å².